The van der Waals surface area contributed by atoms with E-state index in [1.807, 2.05) is 6.92 Å². The third kappa shape index (κ3) is 4.28. The number of fused-ring (bicyclic) bond motifs is 1. The maximum absolute atomic E-state index is 13.7. The van der Waals surface area contributed by atoms with Crippen molar-refractivity contribution in [1.29, 1.82) is 0 Å². The van der Waals surface area contributed by atoms with E-state index in [1.54, 1.807) is 16.6 Å². The van der Waals surface area contributed by atoms with Crippen LogP contribution in [-0.2, 0) is 10.0 Å². The fourth-order valence-electron chi connectivity index (χ4n) is 6.44. The predicted molar refractivity (Wildman–Crippen MR) is 136 cm³/mol. The predicted octanol–water partition coefficient (Wildman–Crippen LogP) is 4.57. The van der Waals surface area contributed by atoms with Crippen LogP contribution < -0.4 is 10.6 Å². The van der Waals surface area contributed by atoms with Gasteiger partial charge in [0.1, 0.15) is 0 Å². The molecule has 10 heteroatoms. The van der Waals surface area contributed by atoms with Gasteiger partial charge in [-0.2, -0.15) is 0 Å². The molecule has 7 nitrogen and oxygen atoms in total. The minimum Gasteiger partial charge on any atom is -0.351 e. The van der Waals surface area contributed by atoms with Crippen LogP contribution >= 0.6 is 0 Å². The van der Waals surface area contributed by atoms with E-state index in [1.165, 1.54) is 6.07 Å². The maximum atomic E-state index is 13.7. The number of benzene rings is 1. The number of piperidine rings is 2. The molecular weight excluding hydrogens is 484 g/mol. The van der Waals surface area contributed by atoms with Crippen molar-refractivity contribution in [2.45, 2.75) is 81.4 Å². The minimum atomic E-state index is -3.24. The lowest BCUT2D eigenvalue weighted by Gasteiger charge is -2.51. The van der Waals surface area contributed by atoms with Gasteiger partial charge < -0.3 is 10.6 Å². The van der Waals surface area contributed by atoms with E-state index in [2.05, 4.69) is 15.6 Å². The first-order chi connectivity index (χ1) is 17.2. The molecule has 1 spiro atoms. The van der Waals surface area contributed by atoms with E-state index >= 15 is 0 Å². The highest BCUT2D eigenvalue weighted by atomic mass is 32.2. The summed E-state index contributed by atoms with van der Waals surface area (Å²) in [5, 5.41) is 7.47. The van der Waals surface area contributed by atoms with Gasteiger partial charge in [0.05, 0.1) is 10.3 Å². The van der Waals surface area contributed by atoms with Crippen molar-refractivity contribution in [2.75, 3.05) is 31.5 Å². The second-order valence-corrected chi connectivity index (χ2v) is 14.1. The topological polar surface area (TPSA) is 87.2 Å². The SMILES string of the molecule is CC1(S(=O)(=O)N2CCC(Nc3ncc4cc(C(F)F)cc(C5CC6(CCNCC6)C5)c4n3)CC2)CC1. The Morgan fingerprint density at radius 3 is 2.44 bits per heavy atom. The molecule has 3 heterocycles. The van der Waals surface area contributed by atoms with Crippen molar-refractivity contribution in [1.82, 2.24) is 19.6 Å². The molecule has 0 unspecified atom stereocenters. The van der Waals surface area contributed by atoms with Gasteiger partial charge in [0.15, 0.2) is 0 Å². The lowest BCUT2D eigenvalue weighted by atomic mass is 9.56. The van der Waals surface area contributed by atoms with Crippen LogP contribution in [0.3, 0.4) is 0 Å². The first-order valence-electron chi connectivity index (χ1n) is 13.2. The smallest absolute Gasteiger partial charge is 0.263 e. The van der Waals surface area contributed by atoms with E-state index in [0.29, 0.717) is 42.7 Å². The Bertz CT molecular complexity index is 1240. The number of anilines is 1. The minimum absolute atomic E-state index is 0.0333. The van der Waals surface area contributed by atoms with E-state index < -0.39 is 21.2 Å². The molecule has 1 aromatic heterocycles. The molecular formula is C26H35F2N5O2S. The van der Waals surface area contributed by atoms with Gasteiger partial charge in [-0.1, -0.05) is 0 Å². The zero-order chi connectivity index (χ0) is 25.1. The first-order valence-corrected chi connectivity index (χ1v) is 14.7. The number of sulfonamides is 1. The Balaban J connectivity index is 1.20. The van der Waals surface area contributed by atoms with Gasteiger partial charge in [0.2, 0.25) is 16.0 Å². The molecule has 2 aromatic rings. The maximum Gasteiger partial charge on any atom is 0.263 e. The van der Waals surface area contributed by atoms with E-state index in [-0.39, 0.29) is 17.5 Å². The Labute approximate surface area is 211 Å². The van der Waals surface area contributed by atoms with Gasteiger partial charge in [-0.05, 0) is 100 Å². The fraction of sp³-hybridized carbons (Fsp3) is 0.692. The van der Waals surface area contributed by atoms with Crippen LogP contribution in [-0.4, -0.2) is 59.7 Å². The van der Waals surface area contributed by atoms with Crippen LogP contribution in [0.2, 0.25) is 0 Å². The summed E-state index contributed by atoms with van der Waals surface area (Å²) in [6, 6.07) is 3.24. The summed E-state index contributed by atoms with van der Waals surface area (Å²) in [4.78, 5) is 9.25. The van der Waals surface area contributed by atoms with Crippen molar-refractivity contribution in [3.8, 4) is 0 Å². The highest BCUT2D eigenvalue weighted by Gasteiger charge is 2.53. The summed E-state index contributed by atoms with van der Waals surface area (Å²) in [5.41, 5.74) is 2.04. The number of hydrogen-bond acceptors (Lipinski definition) is 6. The molecule has 2 aliphatic heterocycles. The van der Waals surface area contributed by atoms with Crippen molar-refractivity contribution in [3.05, 3.63) is 29.5 Å². The third-order valence-electron chi connectivity index (χ3n) is 9.15. The molecule has 6 rings (SSSR count). The third-order valence-corrected chi connectivity index (χ3v) is 11.9. The second-order valence-electron chi connectivity index (χ2n) is 11.7. The second kappa shape index (κ2) is 8.84. The summed E-state index contributed by atoms with van der Waals surface area (Å²) >= 11 is 0. The Kier molecular flexibility index (Phi) is 6.00. The average molecular weight is 520 g/mol. The summed E-state index contributed by atoms with van der Waals surface area (Å²) in [7, 11) is -3.24. The van der Waals surface area contributed by atoms with Crippen molar-refractivity contribution >= 4 is 26.9 Å². The van der Waals surface area contributed by atoms with Gasteiger partial charge in [-0.15, -0.1) is 0 Å². The number of alkyl halides is 2. The number of rotatable bonds is 6. The molecule has 4 aliphatic rings. The highest BCUT2D eigenvalue weighted by Crippen LogP contribution is 2.57. The number of aromatic nitrogens is 2. The number of nitrogens with one attached hydrogen (secondary N) is 2. The van der Waals surface area contributed by atoms with Gasteiger partial charge in [0.25, 0.3) is 6.43 Å². The highest BCUT2D eigenvalue weighted by molar-refractivity contribution is 7.90. The van der Waals surface area contributed by atoms with Gasteiger partial charge in [-0.3, -0.25) is 0 Å². The lowest BCUT2D eigenvalue weighted by Crippen LogP contribution is -2.46. The van der Waals surface area contributed by atoms with Crippen LogP contribution in [0.5, 0.6) is 0 Å². The molecule has 0 atom stereocenters. The largest absolute Gasteiger partial charge is 0.351 e. The fourth-order valence-corrected chi connectivity index (χ4v) is 8.38. The summed E-state index contributed by atoms with van der Waals surface area (Å²) in [6.45, 7) is 4.87. The number of nitrogens with zero attached hydrogens (tertiary/aromatic N) is 3. The molecule has 0 bridgehead atoms. The van der Waals surface area contributed by atoms with Crippen molar-refractivity contribution in [3.63, 3.8) is 0 Å². The average Bonchev–Trinajstić information content (AvgIpc) is 3.62. The van der Waals surface area contributed by atoms with Crippen LogP contribution in [0.15, 0.2) is 18.3 Å². The van der Waals surface area contributed by atoms with Crippen LogP contribution in [0.4, 0.5) is 14.7 Å². The summed E-state index contributed by atoms with van der Waals surface area (Å²) in [6.07, 6.45) is 6.31. The molecule has 0 amide bonds. The van der Waals surface area contributed by atoms with Crippen LogP contribution in [0.25, 0.3) is 10.9 Å². The molecule has 196 valence electrons. The Hall–Kier alpha value is -1.91. The first kappa shape index (κ1) is 24.4. The quantitative estimate of drug-likeness (QED) is 0.581. The van der Waals surface area contributed by atoms with E-state index in [4.69, 9.17) is 4.98 Å². The molecule has 2 saturated carbocycles. The molecule has 1 aromatic carbocycles. The summed E-state index contributed by atoms with van der Waals surface area (Å²) in [5.74, 6) is 0.726. The molecule has 36 heavy (non-hydrogen) atoms. The van der Waals surface area contributed by atoms with Gasteiger partial charge in [-0.25, -0.2) is 31.5 Å². The summed E-state index contributed by atoms with van der Waals surface area (Å²) < 4.78 is 54.1. The molecule has 0 radical (unpaired) electrons. The zero-order valence-corrected chi connectivity index (χ0v) is 21.6. The molecule has 2 saturated heterocycles. The van der Waals surface area contributed by atoms with E-state index in [0.717, 1.165) is 62.7 Å². The van der Waals surface area contributed by atoms with Crippen LogP contribution in [0, 0.1) is 5.41 Å². The van der Waals surface area contributed by atoms with Gasteiger partial charge >= 0.3 is 0 Å². The number of hydrogen-bond donors (Lipinski definition) is 2. The normalized spacial score (nSPS) is 24.8. The molecule has 4 fully saturated rings. The van der Waals surface area contributed by atoms with E-state index in [9.17, 15) is 17.2 Å². The van der Waals surface area contributed by atoms with Gasteiger partial charge in [0, 0.05) is 36.3 Å². The lowest BCUT2D eigenvalue weighted by molar-refractivity contribution is 0.0607. The van der Waals surface area contributed by atoms with Crippen molar-refractivity contribution < 1.29 is 17.2 Å². The zero-order valence-electron chi connectivity index (χ0n) is 20.8. The van der Waals surface area contributed by atoms with Crippen LogP contribution in [0.1, 0.15) is 81.8 Å². The Morgan fingerprint density at radius 1 is 1.11 bits per heavy atom. The van der Waals surface area contributed by atoms with Crippen molar-refractivity contribution in [2.24, 2.45) is 5.41 Å². The number of halogens is 2. The standard InChI is InChI=1S/C26H35F2N5O2S/c1-25(4-5-25)36(34,35)33-10-2-20(3-11-33)31-24-30-16-18-12-17(23(27)28)13-21(22(18)32-24)19-14-26(15-19)6-8-29-9-7-26/h12-13,16,19-20,23,29H,2-11,14-15H2,1H3,(H,30,31,32). The monoisotopic (exact) mass is 519 g/mol. The Morgan fingerprint density at radius 2 is 1.81 bits per heavy atom. The molecule has 2 N–H and O–H groups in total. The molecule has 2 aliphatic carbocycles.